The molecule has 2 aromatic heterocycles. The van der Waals surface area contributed by atoms with Gasteiger partial charge in [0, 0.05) is 23.9 Å². The van der Waals surface area contributed by atoms with Crippen molar-refractivity contribution in [1.29, 1.82) is 0 Å². The van der Waals surface area contributed by atoms with Gasteiger partial charge in [-0.05, 0) is 49.7 Å². The molecule has 0 spiro atoms. The van der Waals surface area contributed by atoms with Crippen LogP contribution in [0.2, 0.25) is 0 Å². The molecule has 1 aliphatic rings. The van der Waals surface area contributed by atoms with E-state index in [4.69, 9.17) is 4.52 Å². The molecule has 0 bridgehead atoms. The first-order valence-electron chi connectivity index (χ1n) is 7.50. The van der Waals surface area contributed by atoms with Crippen LogP contribution in [0.3, 0.4) is 0 Å². The number of rotatable bonds is 5. The predicted molar refractivity (Wildman–Crippen MR) is 81.9 cm³/mol. The van der Waals surface area contributed by atoms with Crippen LogP contribution in [0.15, 0.2) is 22.0 Å². The summed E-state index contributed by atoms with van der Waals surface area (Å²) in [4.78, 5) is 4.03. The molecule has 3 nitrogen and oxygen atoms in total. The summed E-state index contributed by atoms with van der Waals surface area (Å²) >= 11 is 1.86. The van der Waals surface area contributed by atoms with Crippen LogP contribution in [0, 0.1) is 6.92 Å². The van der Waals surface area contributed by atoms with Crippen molar-refractivity contribution in [3.63, 3.8) is 0 Å². The molecule has 108 valence electrons. The maximum absolute atomic E-state index is 5.45. The van der Waals surface area contributed by atoms with Crippen LogP contribution in [0.1, 0.15) is 54.1 Å². The summed E-state index contributed by atoms with van der Waals surface area (Å²) in [6.45, 7) is 6.58. The van der Waals surface area contributed by atoms with Crippen molar-refractivity contribution in [2.24, 2.45) is 0 Å². The summed E-state index contributed by atoms with van der Waals surface area (Å²) in [7, 11) is 0. The molecule has 1 atom stereocenters. The third-order valence-corrected chi connectivity index (χ3v) is 5.10. The van der Waals surface area contributed by atoms with E-state index in [1.54, 1.807) is 0 Å². The van der Waals surface area contributed by atoms with Crippen molar-refractivity contribution in [2.75, 3.05) is 6.54 Å². The van der Waals surface area contributed by atoms with Gasteiger partial charge in [-0.2, -0.15) is 0 Å². The largest absolute Gasteiger partial charge is 0.361 e. The molecule has 1 saturated heterocycles. The van der Waals surface area contributed by atoms with Gasteiger partial charge in [0.25, 0.3) is 0 Å². The third-order valence-electron chi connectivity index (χ3n) is 4.09. The van der Waals surface area contributed by atoms with Crippen molar-refractivity contribution in [3.8, 4) is 0 Å². The van der Waals surface area contributed by atoms with Crippen molar-refractivity contribution in [1.82, 2.24) is 10.1 Å². The Morgan fingerprint density at radius 1 is 1.50 bits per heavy atom. The maximum Gasteiger partial charge on any atom is 0.137 e. The highest BCUT2D eigenvalue weighted by Crippen LogP contribution is 2.34. The minimum atomic E-state index is 0.436. The monoisotopic (exact) mass is 290 g/mol. The Hall–Kier alpha value is -1.13. The van der Waals surface area contributed by atoms with Gasteiger partial charge >= 0.3 is 0 Å². The normalized spacial score (nSPS) is 19.8. The molecule has 0 aromatic carbocycles. The first kappa shape index (κ1) is 13.8. The molecule has 0 aliphatic carbocycles. The van der Waals surface area contributed by atoms with E-state index >= 15 is 0 Å². The lowest BCUT2D eigenvalue weighted by atomic mass is 10.1. The Kier molecular flexibility index (Phi) is 4.22. The summed E-state index contributed by atoms with van der Waals surface area (Å²) in [6.07, 6.45) is 4.55. The quantitative estimate of drug-likeness (QED) is 0.820. The summed E-state index contributed by atoms with van der Waals surface area (Å²) in [5.41, 5.74) is 2.53. The molecule has 2 aromatic rings. The molecule has 0 N–H and O–H groups in total. The summed E-state index contributed by atoms with van der Waals surface area (Å²) in [5, 5.41) is 6.49. The van der Waals surface area contributed by atoms with Gasteiger partial charge in [0.15, 0.2) is 0 Å². The van der Waals surface area contributed by atoms with Gasteiger partial charge in [0.1, 0.15) is 11.5 Å². The van der Waals surface area contributed by atoms with E-state index in [2.05, 4.69) is 41.4 Å². The highest BCUT2D eigenvalue weighted by molar-refractivity contribution is 7.10. The lowest BCUT2D eigenvalue weighted by Crippen LogP contribution is -2.22. The number of aromatic nitrogens is 1. The number of likely N-dealkylation sites (tertiary alicyclic amines) is 1. The number of hydrogen-bond donors (Lipinski definition) is 0. The molecule has 0 amide bonds. The Labute approximate surface area is 124 Å². The molecule has 3 rings (SSSR count). The van der Waals surface area contributed by atoms with Gasteiger partial charge in [-0.3, -0.25) is 4.90 Å². The second-order valence-electron chi connectivity index (χ2n) is 5.62. The molecule has 3 heterocycles. The Balaban J connectivity index is 1.73. The molecule has 0 saturated carbocycles. The molecule has 0 unspecified atom stereocenters. The van der Waals surface area contributed by atoms with E-state index in [0.717, 1.165) is 37.4 Å². The number of nitrogens with zero attached hydrogens (tertiary/aromatic N) is 2. The molecule has 1 fully saturated rings. The minimum Gasteiger partial charge on any atom is -0.361 e. The van der Waals surface area contributed by atoms with Gasteiger partial charge in [-0.15, -0.1) is 11.3 Å². The van der Waals surface area contributed by atoms with Gasteiger partial charge < -0.3 is 4.52 Å². The van der Waals surface area contributed by atoms with Crippen molar-refractivity contribution in [2.45, 2.75) is 52.1 Å². The molecular weight excluding hydrogens is 268 g/mol. The Morgan fingerprint density at radius 3 is 3.15 bits per heavy atom. The molecule has 0 radical (unpaired) electrons. The van der Waals surface area contributed by atoms with Gasteiger partial charge in [-0.25, -0.2) is 0 Å². The zero-order valence-electron chi connectivity index (χ0n) is 12.3. The summed E-state index contributed by atoms with van der Waals surface area (Å²) in [5.74, 6) is 1.03. The molecular formula is C16H22N2OS. The second kappa shape index (κ2) is 6.10. The fourth-order valence-electron chi connectivity index (χ4n) is 2.95. The lowest BCUT2D eigenvalue weighted by Gasteiger charge is -2.22. The maximum atomic E-state index is 5.45. The highest BCUT2D eigenvalue weighted by Gasteiger charge is 2.29. The number of hydrogen-bond acceptors (Lipinski definition) is 4. The standard InChI is InChI=1S/C16H22N2OS/c1-3-5-13-10-14(17-19-13)15-6-4-8-18(15)11-16-12(2)7-9-20-16/h7,9-10,15H,3-6,8,11H2,1-2H3/t15-/m0/s1. The van der Waals surface area contributed by atoms with Crippen LogP contribution in [0.5, 0.6) is 0 Å². The van der Waals surface area contributed by atoms with Crippen molar-refractivity contribution >= 4 is 11.3 Å². The number of thiophene rings is 1. The Morgan fingerprint density at radius 2 is 2.40 bits per heavy atom. The van der Waals surface area contributed by atoms with E-state index in [1.165, 1.54) is 23.3 Å². The number of aryl methyl sites for hydroxylation is 2. The van der Waals surface area contributed by atoms with Crippen LogP contribution in [-0.2, 0) is 13.0 Å². The van der Waals surface area contributed by atoms with Gasteiger partial charge in [-0.1, -0.05) is 12.1 Å². The first-order valence-corrected chi connectivity index (χ1v) is 8.38. The zero-order chi connectivity index (χ0) is 13.9. The summed E-state index contributed by atoms with van der Waals surface area (Å²) < 4.78 is 5.45. The van der Waals surface area contributed by atoms with E-state index in [1.807, 2.05) is 11.3 Å². The van der Waals surface area contributed by atoms with Crippen LogP contribution in [0.25, 0.3) is 0 Å². The molecule has 1 aliphatic heterocycles. The van der Waals surface area contributed by atoms with Crippen molar-refractivity contribution < 1.29 is 4.52 Å². The third kappa shape index (κ3) is 2.81. The minimum absolute atomic E-state index is 0.436. The van der Waals surface area contributed by atoms with E-state index < -0.39 is 0 Å². The van der Waals surface area contributed by atoms with Crippen LogP contribution < -0.4 is 0 Å². The fourth-order valence-corrected chi connectivity index (χ4v) is 3.88. The smallest absolute Gasteiger partial charge is 0.137 e. The summed E-state index contributed by atoms with van der Waals surface area (Å²) in [6, 6.07) is 4.81. The molecule has 20 heavy (non-hydrogen) atoms. The van der Waals surface area contributed by atoms with Crippen LogP contribution in [-0.4, -0.2) is 16.6 Å². The first-order chi connectivity index (χ1) is 9.78. The zero-order valence-corrected chi connectivity index (χ0v) is 13.1. The lowest BCUT2D eigenvalue weighted by molar-refractivity contribution is 0.238. The SMILES string of the molecule is CCCc1cc([C@@H]2CCCN2Cc2sccc2C)no1. The van der Waals surface area contributed by atoms with Gasteiger partial charge in [0.05, 0.1) is 6.04 Å². The average Bonchev–Trinajstić information content (AvgIpc) is 3.13. The molecule has 4 heteroatoms. The fraction of sp³-hybridized carbons (Fsp3) is 0.562. The average molecular weight is 290 g/mol. The Bertz CT molecular complexity index is 560. The van der Waals surface area contributed by atoms with Crippen molar-refractivity contribution in [3.05, 3.63) is 39.4 Å². The van der Waals surface area contributed by atoms with Crippen LogP contribution >= 0.6 is 11.3 Å². The van der Waals surface area contributed by atoms with Gasteiger partial charge in [0.2, 0.25) is 0 Å². The topological polar surface area (TPSA) is 29.3 Å². The van der Waals surface area contributed by atoms with Crippen LogP contribution in [0.4, 0.5) is 0 Å². The van der Waals surface area contributed by atoms with E-state index in [9.17, 15) is 0 Å². The highest BCUT2D eigenvalue weighted by atomic mass is 32.1. The second-order valence-corrected chi connectivity index (χ2v) is 6.62. The predicted octanol–water partition coefficient (Wildman–Crippen LogP) is 4.33. The van der Waals surface area contributed by atoms with E-state index in [0.29, 0.717) is 6.04 Å². The van der Waals surface area contributed by atoms with E-state index in [-0.39, 0.29) is 0 Å².